The molecule has 2 aromatic carbocycles. The van der Waals surface area contributed by atoms with E-state index >= 15 is 0 Å². The Morgan fingerprint density at radius 2 is 2.07 bits per heavy atom. The Kier molecular flexibility index (Phi) is 4.23. The fraction of sp³-hybridized carbons (Fsp3) is 0.348. The third-order valence-corrected chi connectivity index (χ3v) is 5.72. The zero-order chi connectivity index (χ0) is 19.1. The van der Waals surface area contributed by atoms with Crippen LogP contribution in [-0.2, 0) is 11.2 Å². The van der Waals surface area contributed by atoms with Gasteiger partial charge in [0, 0.05) is 35.5 Å². The van der Waals surface area contributed by atoms with Crippen LogP contribution >= 0.6 is 0 Å². The highest BCUT2D eigenvalue weighted by atomic mass is 16.7. The van der Waals surface area contributed by atoms with Gasteiger partial charge in [0.05, 0.1) is 0 Å². The average molecular weight is 376 g/mol. The summed E-state index contributed by atoms with van der Waals surface area (Å²) >= 11 is 0. The van der Waals surface area contributed by atoms with Gasteiger partial charge in [-0.2, -0.15) is 0 Å². The number of carbonyl (C=O) groups excluding carboxylic acids is 1. The molecule has 2 aliphatic rings. The van der Waals surface area contributed by atoms with Gasteiger partial charge in [0.2, 0.25) is 12.7 Å². The van der Waals surface area contributed by atoms with Crippen LogP contribution in [0.15, 0.2) is 42.6 Å². The van der Waals surface area contributed by atoms with Crippen LogP contribution in [0.5, 0.6) is 11.5 Å². The van der Waals surface area contributed by atoms with Gasteiger partial charge in [-0.25, -0.2) is 0 Å². The molecule has 1 aliphatic heterocycles. The lowest BCUT2D eigenvalue weighted by Crippen LogP contribution is -2.27. The lowest BCUT2D eigenvalue weighted by atomic mass is 9.87. The van der Waals surface area contributed by atoms with Crippen LogP contribution in [0.3, 0.4) is 0 Å². The van der Waals surface area contributed by atoms with E-state index < -0.39 is 0 Å². The van der Waals surface area contributed by atoms with E-state index in [0.29, 0.717) is 12.5 Å². The van der Waals surface area contributed by atoms with Gasteiger partial charge in [0.15, 0.2) is 11.5 Å². The minimum Gasteiger partial charge on any atom is -0.454 e. The van der Waals surface area contributed by atoms with Crippen molar-refractivity contribution in [1.29, 1.82) is 0 Å². The first-order valence-corrected chi connectivity index (χ1v) is 10.0. The number of benzene rings is 2. The number of rotatable bonds is 6. The number of hydrogen-bond acceptors (Lipinski definition) is 3. The maximum atomic E-state index is 12.7. The number of ether oxygens (including phenoxy) is 2. The standard InChI is InChI=1S/C23H24N2O3/c1-2-14-4-3-5-17-19(12-24-23(14)17)18(11-22(26)25-16-7-8-16)15-6-9-20-21(10-15)28-13-27-20/h3-6,9-10,12,16,18,24H,2,7-8,11,13H2,1H3,(H,25,26). The molecule has 2 heterocycles. The highest BCUT2D eigenvalue weighted by Gasteiger charge is 2.28. The van der Waals surface area contributed by atoms with Crippen LogP contribution in [0, 0.1) is 0 Å². The summed E-state index contributed by atoms with van der Waals surface area (Å²) in [5.74, 6) is 1.57. The fourth-order valence-electron chi connectivity index (χ4n) is 4.06. The Labute approximate surface area is 164 Å². The van der Waals surface area contributed by atoms with Gasteiger partial charge in [-0.3, -0.25) is 4.79 Å². The van der Waals surface area contributed by atoms with Crippen LogP contribution in [0.2, 0.25) is 0 Å². The molecule has 1 amide bonds. The van der Waals surface area contributed by atoms with Crippen molar-refractivity contribution in [3.8, 4) is 11.5 Å². The Hall–Kier alpha value is -2.95. The first-order valence-electron chi connectivity index (χ1n) is 10.0. The van der Waals surface area contributed by atoms with Crippen LogP contribution in [0.4, 0.5) is 0 Å². The van der Waals surface area contributed by atoms with E-state index in [1.165, 1.54) is 10.9 Å². The Balaban J connectivity index is 1.56. The maximum Gasteiger partial charge on any atom is 0.231 e. The van der Waals surface area contributed by atoms with Gasteiger partial charge in [-0.1, -0.05) is 31.2 Å². The molecular weight excluding hydrogens is 352 g/mol. The Morgan fingerprint density at radius 3 is 2.89 bits per heavy atom. The van der Waals surface area contributed by atoms with E-state index in [2.05, 4.69) is 41.6 Å². The normalized spacial score (nSPS) is 16.3. The van der Waals surface area contributed by atoms with Gasteiger partial charge in [0.25, 0.3) is 0 Å². The minimum absolute atomic E-state index is 0.0471. The number of amides is 1. The molecule has 5 heteroatoms. The molecule has 1 aliphatic carbocycles. The number of fused-ring (bicyclic) bond motifs is 2. The predicted octanol–water partition coefficient (Wildman–Crippen LogP) is 4.26. The van der Waals surface area contributed by atoms with Crippen molar-refractivity contribution in [2.45, 2.75) is 44.6 Å². The number of hydrogen-bond donors (Lipinski definition) is 2. The van der Waals surface area contributed by atoms with Crippen molar-refractivity contribution in [2.75, 3.05) is 6.79 Å². The Bertz CT molecular complexity index is 1040. The van der Waals surface area contributed by atoms with Gasteiger partial charge in [-0.05, 0) is 48.1 Å². The number of H-pyrrole nitrogens is 1. The monoisotopic (exact) mass is 376 g/mol. The van der Waals surface area contributed by atoms with E-state index in [4.69, 9.17) is 9.47 Å². The Morgan fingerprint density at radius 1 is 1.21 bits per heavy atom. The summed E-state index contributed by atoms with van der Waals surface area (Å²) in [5, 5.41) is 4.32. The number of para-hydroxylation sites is 1. The van der Waals surface area contributed by atoms with Crippen LogP contribution in [0.25, 0.3) is 10.9 Å². The summed E-state index contributed by atoms with van der Waals surface area (Å²) in [6.45, 7) is 2.41. The van der Waals surface area contributed by atoms with Crippen molar-refractivity contribution in [3.63, 3.8) is 0 Å². The molecule has 5 nitrogen and oxygen atoms in total. The van der Waals surface area contributed by atoms with Crippen molar-refractivity contribution < 1.29 is 14.3 Å². The van der Waals surface area contributed by atoms with E-state index in [1.54, 1.807) is 0 Å². The van der Waals surface area contributed by atoms with Gasteiger partial charge in [-0.15, -0.1) is 0 Å². The first-order chi connectivity index (χ1) is 13.7. The van der Waals surface area contributed by atoms with Crippen molar-refractivity contribution in [1.82, 2.24) is 10.3 Å². The SMILES string of the molecule is CCc1cccc2c(C(CC(=O)NC3CC3)c3ccc4c(c3)OCO4)c[nH]c12. The topological polar surface area (TPSA) is 63.4 Å². The molecular formula is C23H24N2O3. The van der Waals surface area contributed by atoms with E-state index in [9.17, 15) is 4.79 Å². The molecule has 144 valence electrons. The summed E-state index contributed by atoms with van der Waals surface area (Å²) in [4.78, 5) is 16.1. The number of carbonyl (C=O) groups is 1. The molecule has 1 saturated carbocycles. The number of aryl methyl sites for hydroxylation is 1. The smallest absolute Gasteiger partial charge is 0.231 e. The molecule has 0 radical (unpaired) electrons. The van der Waals surface area contributed by atoms with Gasteiger partial charge < -0.3 is 19.8 Å². The van der Waals surface area contributed by atoms with E-state index in [1.807, 2.05) is 18.2 Å². The number of nitrogens with one attached hydrogen (secondary N) is 2. The molecule has 0 spiro atoms. The zero-order valence-corrected chi connectivity index (χ0v) is 16.0. The van der Waals surface area contributed by atoms with E-state index in [-0.39, 0.29) is 18.6 Å². The fourth-order valence-corrected chi connectivity index (χ4v) is 4.06. The first kappa shape index (κ1) is 17.2. The lowest BCUT2D eigenvalue weighted by Gasteiger charge is -2.18. The predicted molar refractivity (Wildman–Crippen MR) is 108 cm³/mol. The molecule has 28 heavy (non-hydrogen) atoms. The number of aromatic nitrogens is 1. The van der Waals surface area contributed by atoms with Crippen molar-refractivity contribution in [3.05, 3.63) is 59.3 Å². The second-order valence-corrected chi connectivity index (χ2v) is 7.65. The molecule has 1 unspecified atom stereocenters. The second kappa shape index (κ2) is 6.89. The molecule has 1 fully saturated rings. The molecule has 2 N–H and O–H groups in total. The third-order valence-electron chi connectivity index (χ3n) is 5.72. The lowest BCUT2D eigenvalue weighted by molar-refractivity contribution is -0.121. The molecule has 0 saturated heterocycles. The van der Waals surface area contributed by atoms with Crippen LogP contribution < -0.4 is 14.8 Å². The highest BCUT2D eigenvalue weighted by Crippen LogP contribution is 2.40. The van der Waals surface area contributed by atoms with Crippen LogP contribution in [0.1, 0.15) is 48.8 Å². The quantitative estimate of drug-likeness (QED) is 0.676. The molecule has 5 rings (SSSR count). The third kappa shape index (κ3) is 3.11. The summed E-state index contributed by atoms with van der Waals surface area (Å²) in [6.07, 6.45) is 5.62. The van der Waals surface area contributed by atoms with Crippen molar-refractivity contribution >= 4 is 16.8 Å². The van der Waals surface area contributed by atoms with Gasteiger partial charge in [0.1, 0.15) is 0 Å². The summed E-state index contributed by atoms with van der Waals surface area (Å²) in [7, 11) is 0. The van der Waals surface area contributed by atoms with Crippen LogP contribution in [-0.4, -0.2) is 23.7 Å². The minimum atomic E-state index is -0.0471. The zero-order valence-electron chi connectivity index (χ0n) is 16.0. The number of aromatic amines is 1. The summed E-state index contributed by atoms with van der Waals surface area (Å²) in [6, 6.07) is 12.7. The molecule has 0 bridgehead atoms. The maximum absolute atomic E-state index is 12.7. The summed E-state index contributed by atoms with van der Waals surface area (Å²) < 4.78 is 11.0. The summed E-state index contributed by atoms with van der Waals surface area (Å²) in [5.41, 5.74) is 4.66. The second-order valence-electron chi connectivity index (χ2n) is 7.65. The highest BCUT2D eigenvalue weighted by molar-refractivity contribution is 5.88. The molecule has 3 aromatic rings. The molecule has 1 atom stereocenters. The van der Waals surface area contributed by atoms with E-state index in [0.717, 1.165) is 47.4 Å². The average Bonchev–Trinajstić information content (AvgIpc) is 3.23. The van der Waals surface area contributed by atoms with Gasteiger partial charge >= 0.3 is 0 Å². The largest absolute Gasteiger partial charge is 0.454 e. The molecule has 1 aromatic heterocycles. The van der Waals surface area contributed by atoms with Crippen molar-refractivity contribution in [2.24, 2.45) is 0 Å².